The largest absolute Gasteiger partial charge is 0.358 e. The van der Waals surface area contributed by atoms with Gasteiger partial charge in [-0.3, -0.25) is 4.90 Å². The van der Waals surface area contributed by atoms with Crippen molar-refractivity contribution in [1.82, 2.24) is 19.9 Å². The van der Waals surface area contributed by atoms with Crippen LogP contribution >= 0.6 is 11.3 Å². The zero-order valence-corrected chi connectivity index (χ0v) is 15.7. The Hall–Kier alpha value is -2.24. The molecule has 26 heavy (non-hydrogen) atoms. The molecule has 132 valence electrons. The van der Waals surface area contributed by atoms with Crippen LogP contribution in [0.5, 0.6) is 0 Å². The van der Waals surface area contributed by atoms with E-state index in [4.69, 9.17) is 4.98 Å². The van der Waals surface area contributed by atoms with E-state index < -0.39 is 0 Å². The molecule has 1 aliphatic heterocycles. The summed E-state index contributed by atoms with van der Waals surface area (Å²) in [5.41, 5.74) is 5.16. The first kappa shape index (κ1) is 16.0. The van der Waals surface area contributed by atoms with Crippen molar-refractivity contribution in [2.45, 2.75) is 32.2 Å². The van der Waals surface area contributed by atoms with Crippen LogP contribution in [0, 0.1) is 6.92 Å². The molecule has 0 unspecified atom stereocenters. The molecule has 5 rings (SSSR count). The Kier molecular flexibility index (Phi) is 3.98. The van der Waals surface area contributed by atoms with Gasteiger partial charge in [-0.25, -0.2) is 9.97 Å². The summed E-state index contributed by atoms with van der Waals surface area (Å²) in [5, 5.41) is 2.58. The van der Waals surface area contributed by atoms with Crippen LogP contribution in [-0.2, 0) is 6.54 Å². The number of fused-ring (bicyclic) bond motifs is 2. The molecule has 4 aromatic rings. The third kappa shape index (κ3) is 2.81. The SMILES string of the molecule is Cc1[nH]c2ccccc2c1C1CCN(Cc2nc3cccnc3s2)CC1. The number of para-hydroxylation sites is 1. The highest BCUT2D eigenvalue weighted by atomic mass is 32.1. The summed E-state index contributed by atoms with van der Waals surface area (Å²) in [6.45, 7) is 5.43. The molecule has 0 saturated carbocycles. The van der Waals surface area contributed by atoms with Crippen LogP contribution in [0.15, 0.2) is 42.6 Å². The highest BCUT2D eigenvalue weighted by molar-refractivity contribution is 7.18. The van der Waals surface area contributed by atoms with Crippen LogP contribution in [0.4, 0.5) is 0 Å². The number of hydrogen-bond donors (Lipinski definition) is 1. The molecular formula is C21H22N4S. The molecule has 1 fully saturated rings. The van der Waals surface area contributed by atoms with Gasteiger partial charge in [0.15, 0.2) is 0 Å². The second-order valence-electron chi connectivity index (χ2n) is 7.19. The number of piperidine rings is 1. The van der Waals surface area contributed by atoms with E-state index in [2.05, 4.69) is 46.1 Å². The number of thiazole rings is 1. The van der Waals surface area contributed by atoms with Gasteiger partial charge in [0.05, 0.1) is 6.54 Å². The summed E-state index contributed by atoms with van der Waals surface area (Å²) in [6.07, 6.45) is 4.27. The Labute approximate surface area is 156 Å². The number of aryl methyl sites for hydroxylation is 1. The molecule has 0 aliphatic carbocycles. The van der Waals surface area contributed by atoms with Crippen LogP contribution in [0.2, 0.25) is 0 Å². The predicted molar refractivity (Wildman–Crippen MR) is 108 cm³/mol. The summed E-state index contributed by atoms with van der Waals surface area (Å²) in [6, 6.07) is 12.7. The van der Waals surface area contributed by atoms with E-state index in [-0.39, 0.29) is 0 Å². The third-order valence-electron chi connectivity index (χ3n) is 5.51. The summed E-state index contributed by atoms with van der Waals surface area (Å²) < 4.78 is 0. The zero-order chi connectivity index (χ0) is 17.5. The maximum absolute atomic E-state index is 4.74. The predicted octanol–water partition coefficient (Wildman–Crippen LogP) is 4.86. The van der Waals surface area contributed by atoms with Crippen LogP contribution < -0.4 is 0 Å². The summed E-state index contributed by atoms with van der Waals surface area (Å²) in [7, 11) is 0. The minimum Gasteiger partial charge on any atom is -0.358 e. The molecule has 0 atom stereocenters. The summed E-state index contributed by atoms with van der Waals surface area (Å²) in [4.78, 5) is 16.3. The van der Waals surface area contributed by atoms with E-state index in [0.717, 1.165) is 30.0 Å². The maximum atomic E-state index is 4.74. The lowest BCUT2D eigenvalue weighted by Gasteiger charge is -2.31. The fourth-order valence-electron chi connectivity index (χ4n) is 4.28. The lowest BCUT2D eigenvalue weighted by molar-refractivity contribution is 0.205. The molecule has 5 heteroatoms. The average Bonchev–Trinajstić information content (AvgIpc) is 3.21. The second-order valence-corrected chi connectivity index (χ2v) is 8.26. The van der Waals surface area contributed by atoms with E-state index in [0.29, 0.717) is 5.92 Å². The van der Waals surface area contributed by atoms with Crippen molar-refractivity contribution in [3.05, 3.63) is 58.9 Å². The number of H-pyrrole nitrogens is 1. The number of aromatic nitrogens is 3. The number of benzene rings is 1. The number of rotatable bonds is 3. The molecule has 1 aliphatic rings. The van der Waals surface area contributed by atoms with Gasteiger partial charge in [0.1, 0.15) is 15.4 Å². The molecule has 1 aromatic carbocycles. The second kappa shape index (κ2) is 6.49. The molecule has 0 bridgehead atoms. The van der Waals surface area contributed by atoms with Crippen LogP contribution in [-0.4, -0.2) is 32.9 Å². The molecule has 4 nitrogen and oxygen atoms in total. The van der Waals surface area contributed by atoms with Gasteiger partial charge in [0.2, 0.25) is 0 Å². The molecule has 1 saturated heterocycles. The van der Waals surface area contributed by atoms with Crippen molar-refractivity contribution in [3.63, 3.8) is 0 Å². The van der Waals surface area contributed by atoms with Gasteiger partial charge in [-0.2, -0.15) is 0 Å². The lowest BCUT2D eigenvalue weighted by atomic mass is 9.87. The van der Waals surface area contributed by atoms with Gasteiger partial charge in [-0.1, -0.05) is 29.5 Å². The fourth-order valence-corrected chi connectivity index (χ4v) is 5.22. The Bertz CT molecular complexity index is 1020. The van der Waals surface area contributed by atoms with Crippen molar-refractivity contribution in [3.8, 4) is 0 Å². The van der Waals surface area contributed by atoms with Gasteiger partial charge >= 0.3 is 0 Å². The third-order valence-corrected chi connectivity index (χ3v) is 6.47. The van der Waals surface area contributed by atoms with Crippen molar-refractivity contribution >= 4 is 32.6 Å². The smallest absolute Gasteiger partial charge is 0.143 e. The van der Waals surface area contributed by atoms with E-state index in [1.54, 1.807) is 11.3 Å². The minimum absolute atomic E-state index is 0.652. The van der Waals surface area contributed by atoms with Gasteiger partial charge in [0, 0.05) is 22.8 Å². The monoisotopic (exact) mass is 362 g/mol. The lowest BCUT2D eigenvalue weighted by Crippen LogP contribution is -2.32. The Balaban J connectivity index is 1.30. The number of nitrogens with zero attached hydrogens (tertiary/aromatic N) is 3. The van der Waals surface area contributed by atoms with E-state index in [1.807, 2.05) is 18.3 Å². The van der Waals surface area contributed by atoms with Gasteiger partial charge in [0.25, 0.3) is 0 Å². The van der Waals surface area contributed by atoms with Crippen LogP contribution in [0.3, 0.4) is 0 Å². The van der Waals surface area contributed by atoms with Gasteiger partial charge in [-0.15, -0.1) is 0 Å². The summed E-state index contributed by atoms with van der Waals surface area (Å²) >= 11 is 1.72. The number of hydrogen-bond acceptors (Lipinski definition) is 4. The Morgan fingerprint density at radius 3 is 2.85 bits per heavy atom. The maximum Gasteiger partial charge on any atom is 0.143 e. The van der Waals surface area contributed by atoms with E-state index >= 15 is 0 Å². The Morgan fingerprint density at radius 1 is 1.15 bits per heavy atom. The average molecular weight is 363 g/mol. The first-order valence-electron chi connectivity index (χ1n) is 9.28. The van der Waals surface area contributed by atoms with Crippen molar-refractivity contribution in [2.24, 2.45) is 0 Å². The van der Waals surface area contributed by atoms with Gasteiger partial charge < -0.3 is 4.98 Å². The number of likely N-dealkylation sites (tertiary alicyclic amines) is 1. The number of nitrogens with one attached hydrogen (secondary N) is 1. The normalized spacial score (nSPS) is 16.7. The number of aromatic amines is 1. The van der Waals surface area contributed by atoms with Crippen molar-refractivity contribution in [1.29, 1.82) is 0 Å². The first-order chi connectivity index (χ1) is 12.8. The fraction of sp³-hybridized carbons (Fsp3) is 0.333. The molecule has 0 spiro atoms. The van der Waals surface area contributed by atoms with Gasteiger partial charge in [-0.05, 0) is 62.5 Å². The minimum atomic E-state index is 0.652. The van der Waals surface area contributed by atoms with Crippen LogP contribution in [0.1, 0.15) is 35.0 Å². The standard InChI is InChI=1S/C21H22N4S/c1-14-20(16-5-2-3-6-17(16)23-14)15-8-11-25(12-9-15)13-19-24-18-7-4-10-22-21(18)26-19/h2-7,10,15,23H,8-9,11-13H2,1H3. The Morgan fingerprint density at radius 2 is 2.00 bits per heavy atom. The molecule has 3 aromatic heterocycles. The molecule has 0 radical (unpaired) electrons. The highest BCUT2D eigenvalue weighted by Gasteiger charge is 2.25. The number of pyridine rings is 1. The van der Waals surface area contributed by atoms with Crippen LogP contribution in [0.25, 0.3) is 21.3 Å². The molecule has 0 amide bonds. The molecule has 4 heterocycles. The first-order valence-corrected chi connectivity index (χ1v) is 10.1. The quantitative estimate of drug-likeness (QED) is 0.566. The van der Waals surface area contributed by atoms with E-state index in [1.165, 1.54) is 40.0 Å². The van der Waals surface area contributed by atoms with Crippen molar-refractivity contribution in [2.75, 3.05) is 13.1 Å². The highest BCUT2D eigenvalue weighted by Crippen LogP contribution is 2.36. The topological polar surface area (TPSA) is 44.8 Å². The van der Waals surface area contributed by atoms with Crippen molar-refractivity contribution < 1.29 is 0 Å². The molecular weight excluding hydrogens is 340 g/mol. The molecule has 1 N–H and O–H groups in total. The zero-order valence-electron chi connectivity index (χ0n) is 14.9. The van der Waals surface area contributed by atoms with E-state index in [9.17, 15) is 0 Å². The summed E-state index contributed by atoms with van der Waals surface area (Å²) in [5.74, 6) is 0.652.